The maximum Gasteiger partial charge on any atom is 0.240 e. The quantitative estimate of drug-likeness (QED) is 0.792. The average molecular weight is 334 g/mol. The molecule has 1 aliphatic rings. The number of likely N-dealkylation sites (tertiary alicyclic amines) is 1. The largest absolute Gasteiger partial charge is 0.490 e. The van der Waals surface area contributed by atoms with Gasteiger partial charge in [-0.05, 0) is 44.9 Å². The van der Waals surface area contributed by atoms with E-state index in [-0.39, 0.29) is 24.4 Å². The number of ether oxygens (including phenoxy) is 2. The molecule has 132 valence electrons. The maximum atomic E-state index is 12.1. The number of carbonyl (C=O) groups excluding carboxylic acids is 2. The van der Waals surface area contributed by atoms with Crippen molar-refractivity contribution in [3.8, 4) is 11.5 Å². The van der Waals surface area contributed by atoms with Crippen molar-refractivity contribution in [3.05, 3.63) is 23.8 Å². The van der Waals surface area contributed by atoms with Crippen molar-refractivity contribution >= 4 is 11.8 Å². The second-order valence-electron chi connectivity index (χ2n) is 5.78. The molecule has 0 radical (unpaired) electrons. The molecule has 0 unspecified atom stereocenters. The van der Waals surface area contributed by atoms with Crippen LogP contribution in [0.3, 0.4) is 0 Å². The summed E-state index contributed by atoms with van der Waals surface area (Å²) in [4.78, 5) is 25.3. The van der Waals surface area contributed by atoms with Gasteiger partial charge in [-0.25, -0.2) is 0 Å². The first-order valence-corrected chi connectivity index (χ1v) is 8.51. The minimum Gasteiger partial charge on any atom is -0.490 e. The predicted octanol–water partition coefficient (Wildman–Crippen LogP) is 2.28. The van der Waals surface area contributed by atoms with E-state index in [1.54, 1.807) is 4.90 Å². The Kier molecular flexibility index (Phi) is 6.46. The standard InChI is InChI=1S/C18H26N2O4/c1-4-23-15-9-8-14(11-16(15)24-5-2)13(3)19-17(21)12-20-10-6-7-18(20)22/h8-9,11,13H,4-7,10,12H2,1-3H3,(H,19,21)/t13-/m0/s1. The molecule has 1 atom stereocenters. The summed E-state index contributed by atoms with van der Waals surface area (Å²) in [5.41, 5.74) is 0.933. The average Bonchev–Trinajstić information content (AvgIpc) is 2.94. The molecule has 0 aromatic heterocycles. The van der Waals surface area contributed by atoms with Gasteiger partial charge in [0.2, 0.25) is 11.8 Å². The molecule has 0 saturated carbocycles. The molecule has 1 fully saturated rings. The Morgan fingerprint density at radius 1 is 1.25 bits per heavy atom. The summed E-state index contributed by atoms with van der Waals surface area (Å²) in [5.74, 6) is 1.28. The van der Waals surface area contributed by atoms with Gasteiger partial charge in [-0.2, -0.15) is 0 Å². The van der Waals surface area contributed by atoms with E-state index in [4.69, 9.17) is 9.47 Å². The van der Waals surface area contributed by atoms with Crippen LogP contribution in [0.15, 0.2) is 18.2 Å². The molecular weight excluding hydrogens is 308 g/mol. The second-order valence-corrected chi connectivity index (χ2v) is 5.78. The molecule has 1 heterocycles. The van der Waals surface area contributed by atoms with Gasteiger partial charge in [0.25, 0.3) is 0 Å². The van der Waals surface area contributed by atoms with Crippen LogP contribution in [0.2, 0.25) is 0 Å². The molecule has 1 aromatic rings. The van der Waals surface area contributed by atoms with E-state index in [2.05, 4.69) is 5.32 Å². The molecule has 1 aromatic carbocycles. The van der Waals surface area contributed by atoms with E-state index in [1.165, 1.54) is 0 Å². The van der Waals surface area contributed by atoms with Crippen LogP contribution in [0.4, 0.5) is 0 Å². The number of nitrogens with zero attached hydrogens (tertiary/aromatic N) is 1. The molecule has 2 amide bonds. The maximum absolute atomic E-state index is 12.1. The zero-order chi connectivity index (χ0) is 17.5. The second kappa shape index (κ2) is 8.57. The number of benzene rings is 1. The lowest BCUT2D eigenvalue weighted by Gasteiger charge is -2.20. The molecule has 1 aliphatic heterocycles. The molecule has 0 bridgehead atoms. The summed E-state index contributed by atoms with van der Waals surface area (Å²) in [6, 6.07) is 5.49. The van der Waals surface area contributed by atoms with Crippen molar-refractivity contribution in [2.24, 2.45) is 0 Å². The van der Waals surface area contributed by atoms with E-state index in [0.717, 1.165) is 12.0 Å². The minimum atomic E-state index is -0.176. The summed E-state index contributed by atoms with van der Waals surface area (Å²) in [6.45, 7) is 7.65. The molecule has 6 nitrogen and oxygen atoms in total. The van der Waals surface area contributed by atoms with Crippen molar-refractivity contribution < 1.29 is 19.1 Å². The highest BCUT2D eigenvalue weighted by molar-refractivity contribution is 5.86. The first-order chi connectivity index (χ1) is 11.5. The Labute approximate surface area is 143 Å². The number of hydrogen-bond acceptors (Lipinski definition) is 4. The van der Waals surface area contributed by atoms with Gasteiger partial charge >= 0.3 is 0 Å². The van der Waals surface area contributed by atoms with Crippen LogP contribution in [0.25, 0.3) is 0 Å². The Morgan fingerprint density at radius 3 is 2.58 bits per heavy atom. The van der Waals surface area contributed by atoms with Crippen LogP contribution >= 0.6 is 0 Å². The Morgan fingerprint density at radius 2 is 1.96 bits per heavy atom. The highest BCUT2D eigenvalue weighted by atomic mass is 16.5. The van der Waals surface area contributed by atoms with Gasteiger partial charge in [0.1, 0.15) is 0 Å². The first kappa shape index (κ1) is 18.1. The fourth-order valence-corrected chi connectivity index (χ4v) is 2.75. The number of amides is 2. The van der Waals surface area contributed by atoms with E-state index < -0.39 is 0 Å². The van der Waals surface area contributed by atoms with E-state index in [0.29, 0.717) is 37.7 Å². The Balaban J connectivity index is 2.00. The van der Waals surface area contributed by atoms with Gasteiger partial charge in [0, 0.05) is 13.0 Å². The van der Waals surface area contributed by atoms with Crippen molar-refractivity contribution in [2.45, 2.75) is 39.7 Å². The van der Waals surface area contributed by atoms with Gasteiger partial charge in [-0.15, -0.1) is 0 Å². The van der Waals surface area contributed by atoms with Crippen LogP contribution in [0, 0.1) is 0 Å². The summed E-state index contributed by atoms with van der Waals surface area (Å²) in [6.07, 6.45) is 1.37. The van der Waals surface area contributed by atoms with E-state index in [1.807, 2.05) is 39.0 Å². The predicted molar refractivity (Wildman–Crippen MR) is 91.2 cm³/mol. The topological polar surface area (TPSA) is 67.9 Å². The van der Waals surface area contributed by atoms with Crippen LogP contribution in [-0.4, -0.2) is 43.0 Å². The number of carbonyl (C=O) groups is 2. The van der Waals surface area contributed by atoms with Crippen molar-refractivity contribution in [3.63, 3.8) is 0 Å². The van der Waals surface area contributed by atoms with Crippen molar-refractivity contribution in [1.82, 2.24) is 10.2 Å². The number of hydrogen-bond donors (Lipinski definition) is 1. The first-order valence-electron chi connectivity index (χ1n) is 8.51. The molecule has 0 aliphatic carbocycles. The molecule has 2 rings (SSSR count). The van der Waals surface area contributed by atoms with Gasteiger partial charge < -0.3 is 19.7 Å². The lowest BCUT2D eigenvalue weighted by atomic mass is 10.1. The van der Waals surface area contributed by atoms with Gasteiger partial charge in [0.05, 0.1) is 25.8 Å². The number of rotatable bonds is 8. The third-order valence-corrected chi connectivity index (χ3v) is 3.95. The highest BCUT2D eigenvalue weighted by Gasteiger charge is 2.23. The zero-order valence-electron chi connectivity index (χ0n) is 14.6. The fourth-order valence-electron chi connectivity index (χ4n) is 2.75. The summed E-state index contributed by atoms with van der Waals surface area (Å²) < 4.78 is 11.2. The highest BCUT2D eigenvalue weighted by Crippen LogP contribution is 2.30. The smallest absolute Gasteiger partial charge is 0.240 e. The Hall–Kier alpha value is -2.24. The van der Waals surface area contributed by atoms with Crippen LogP contribution in [-0.2, 0) is 9.59 Å². The van der Waals surface area contributed by atoms with Crippen molar-refractivity contribution in [1.29, 1.82) is 0 Å². The Bertz CT molecular complexity index is 588. The third-order valence-electron chi connectivity index (χ3n) is 3.95. The SMILES string of the molecule is CCOc1ccc([C@H](C)NC(=O)CN2CCCC2=O)cc1OCC. The van der Waals surface area contributed by atoms with Crippen LogP contribution in [0.5, 0.6) is 11.5 Å². The van der Waals surface area contributed by atoms with Gasteiger partial charge in [-0.1, -0.05) is 6.07 Å². The van der Waals surface area contributed by atoms with Crippen molar-refractivity contribution in [2.75, 3.05) is 26.3 Å². The molecule has 24 heavy (non-hydrogen) atoms. The molecule has 1 N–H and O–H groups in total. The summed E-state index contributed by atoms with van der Waals surface area (Å²) in [5, 5.41) is 2.94. The molecule has 6 heteroatoms. The molecule has 0 spiro atoms. The third kappa shape index (κ3) is 4.63. The molecule has 1 saturated heterocycles. The monoisotopic (exact) mass is 334 g/mol. The lowest BCUT2D eigenvalue weighted by Crippen LogP contribution is -2.38. The summed E-state index contributed by atoms with van der Waals surface area (Å²) >= 11 is 0. The van der Waals surface area contributed by atoms with Gasteiger partial charge in [0.15, 0.2) is 11.5 Å². The van der Waals surface area contributed by atoms with Gasteiger partial charge in [-0.3, -0.25) is 9.59 Å². The molecular formula is C18H26N2O4. The normalized spacial score (nSPS) is 15.3. The van der Waals surface area contributed by atoms with E-state index in [9.17, 15) is 9.59 Å². The summed E-state index contributed by atoms with van der Waals surface area (Å²) in [7, 11) is 0. The van der Waals surface area contributed by atoms with Crippen LogP contribution < -0.4 is 14.8 Å². The van der Waals surface area contributed by atoms with Crippen LogP contribution in [0.1, 0.15) is 45.2 Å². The zero-order valence-corrected chi connectivity index (χ0v) is 14.6. The van der Waals surface area contributed by atoms with E-state index >= 15 is 0 Å². The minimum absolute atomic E-state index is 0.0532. The number of nitrogens with one attached hydrogen (secondary N) is 1. The lowest BCUT2D eigenvalue weighted by molar-refractivity contribution is -0.133. The fraction of sp³-hybridized carbons (Fsp3) is 0.556.